The molecule has 0 atom stereocenters. The smallest absolute Gasteiger partial charge is 0.267 e. The topological polar surface area (TPSA) is 89.9 Å². The van der Waals surface area contributed by atoms with Gasteiger partial charge in [0.25, 0.3) is 5.56 Å². The number of nitrogen functional groups attached to an aromatic ring is 1. The van der Waals surface area contributed by atoms with Crippen LogP contribution in [0.2, 0.25) is 0 Å². The van der Waals surface area contributed by atoms with Crippen molar-refractivity contribution in [3.05, 3.63) is 71.3 Å². The van der Waals surface area contributed by atoms with E-state index in [-0.39, 0.29) is 11.5 Å². The number of benzene rings is 2. The third-order valence-electron chi connectivity index (χ3n) is 4.28. The van der Waals surface area contributed by atoms with Gasteiger partial charge in [-0.05, 0) is 29.8 Å². The number of aromatic nitrogens is 4. The van der Waals surface area contributed by atoms with Gasteiger partial charge in [0.05, 0.1) is 16.6 Å². The van der Waals surface area contributed by atoms with E-state index in [4.69, 9.17) is 5.73 Å². The zero-order chi connectivity index (χ0) is 19.0. The molecule has 7 heteroatoms. The molecule has 0 aliphatic carbocycles. The summed E-state index contributed by atoms with van der Waals surface area (Å²) in [7, 11) is 3.76. The van der Waals surface area contributed by atoms with Crippen LogP contribution in [0.1, 0.15) is 0 Å². The van der Waals surface area contributed by atoms with Gasteiger partial charge in [0.15, 0.2) is 0 Å². The minimum Gasteiger partial charge on any atom is -0.369 e. The van der Waals surface area contributed by atoms with E-state index in [1.807, 2.05) is 55.4 Å². The molecule has 2 N–H and O–H groups in total. The van der Waals surface area contributed by atoms with Crippen molar-refractivity contribution in [2.75, 3.05) is 24.7 Å². The van der Waals surface area contributed by atoms with E-state index >= 15 is 0 Å². The highest BCUT2D eigenvalue weighted by Gasteiger charge is 2.12. The minimum atomic E-state index is -0.212. The molecule has 0 unspecified atom stereocenters. The minimum absolute atomic E-state index is 0.158. The fourth-order valence-electron chi connectivity index (χ4n) is 2.91. The molecule has 7 nitrogen and oxygen atoms in total. The summed E-state index contributed by atoms with van der Waals surface area (Å²) >= 11 is 0. The number of nitrogens with zero attached hydrogens (tertiary/aromatic N) is 5. The Hall–Kier alpha value is -3.74. The first-order valence-corrected chi connectivity index (χ1v) is 8.42. The second-order valence-electron chi connectivity index (χ2n) is 6.34. The molecule has 27 heavy (non-hydrogen) atoms. The van der Waals surface area contributed by atoms with Gasteiger partial charge >= 0.3 is 0 Å². The van der Waals surface area contributed by atoms with E-state index in [1.165, 1.54) is 4.57 Å². The first kappa shape index (κ1) is 16.7. The van der Waals surface area contributed by atoms with Gasteiger partial charge in [-0.3, -0.25) is 4.79 Å². The van der Waals surface area contributed by atoms with E-state index in [0.717, 1.165) is 11.1 Å². The number of anilines is 2. The third kappa shape index (κ3) is 2.99. The molecule has 0 radical (unpaired) electrons. The fraction of sp³-hybridized carbons (Fsp3) is 0.100. The van der Waals surface area contributed by atoms with Gasteiger partial charge in [0, 0.05) is 32.1 Å². The normalized spacial score (nSPS) is 10.9. The number of fused-ring (bicyclic) bond motifs is 1. The Balaban J connectivity index is 1.88. The Bertz CT molecular complexity index is 1170. The molecule has 0 aliphatic heterocycles. The van der Waals surface area contributed by atoms with Gasteiger partial charge in [0.2, 0.25) is 11.9 Å². The molecule has 4 aromatic rings. The summed E-state index contributed by atoms with van der Waals surface area (Å²) in [5.41, 5.74) is 8.73. The highest BCUT2D eigenvalue weighted by molar-refractivity contribution is 5.84. The summed E-state index contributed by atoms with van der Waals surface area (Å²) in [4.78, 5) is 28.0. The largest absolute Gasteiger partial charge is 0.369 e. The molecule has 4 rings (SSSR count). The van der Waals surface area contributed by atoms with Crippen LogP contribution in [0.15, 0.2) is 65.7 Å². The second-order valence-corrected chi connectivity index (χ2v) is 6.34. The van der Waals surface area contributed by atoms with Crippen LogP contribution in [-0.2, 0) is 0 Å². The molecule has 0 saturated carbocycles. The van der Waals surface area contributed by atoms with Crippen LogP contribution in [-0.4, -0.2) is 33.6 Å². The highest BCUT2D eigenvalue weighted by Crippen LogP contribution is 2.23. The maximum absolute atomic E-state index is 13.1. The predicted octanol–water partition coefficient (Wildman–Crippen LogP) is 2.49. The standard InChI is InChI=1S/C20H18N6O/c1-25(2)20-22-11-14(12-23-20)13-8-9-17-16(10-13)18(27)26(19(21)24-17)15-6-4-3-5-7-15/h3-12H,1-2H3,(H2,21,24). The van der Waals surface area contributed by atoms with Crippen LogP contribution in [0.3, 0.4) is 0 Å². The number of nitrogens with two attached hydrogens (primary N) is 1. The maximum atomic E-state index is 13.1. The first-order chi connectivity index (χ1) is 13.0. The molecule has 0 saturated heterocycles. The molecular weight excluding hydrogens is 340 g/mol. The van der Waals surface area contributed by atoms with Crippen molar-refractivity contribution >= 4 is 22.8 Å². The molecule has 0 amide bonds. The van der Waals surface area contributed by atoms with E-state index < -0.39 is 0 Å². The van der Waals surface area contributed by atoms with Crippen LogP contribution < -0.4 is 16.2 Å². The number of para-hydroxylation sites is 1. The van der Waals surface area contributed by atoms with E-state index in [1.54, 1.807) is 24.5 Å². The monoisotopic (exact) mass is 358 g/mol. The SMILES string of the molecule is CN(C)c1ncc(-c2ccc3nc(N)n(-c4ccccc4)c(=O)c3c2)cn1. The quantitative estimate of drug-likeness (QED) is 0.605. The van der Waals surface area contributed by atoms with Gasteiger partial charge in [0.1, 0.15) is 0 Å². The molecule has 2 aromatic heterocycles. The van der Waals surface area contributed by atoms with E-state index in [0.29, 0.717) is 22.5 Å². The molecule has 2 aromatic carbocycles. The summed E-state index contributed by atoms with van der Waals surface area (Å²) in [6, 6.07) is 14.7. The molecular formula is C20H18N6O. The summed E-state index contributed by atoms with van der Waals surface area (Å²) in [6.07, 6.45) is 3.48. The Kier molecular flexibility index (Phi) is 4.04. The molecule has 2 heterocycles. The second kappa shape index (κ2) is 6.53. The fourth-order valence-corrected chi connectivity index (χ4v) is 2.91. The average molecular weight is 358 g/mol. The van der Waals surface area contributed by atoms with E-state index in [9.17, 15) is 4.79 Å². The van der Waals surface area contributed by atoms with Crippen molar-refractivity contribution < 1.29 is 0 Å². The van der Waals surface area contributed by atoms with Crippen molar-refractivity contribution in [2.24, 2.45) is 0 Å². The van der Waals surface area contributed by atoms with Crippen LogP contribution >= 0.6 is 0 Å². The summed E-state index contributed by atoms with van der Waals surface area (Å²) in [6.45, 7) is 0. The number of rotatable bonds is 3. The van der Waals surface area contributed by atoms with Gasteiger partial charge in [-0.2, -0.15) is 0 Å². The Morgan fingerprint density at radius 1 is 0.963 bits per heavy atom. The lowest BCUT2D eigenvalue weighted by atomic mass is 10.1. The van der Waals surface area contributed by atoms with Crippen LogP contribution in [0.5, 0.6) is 0 Å². The van der Waals surface area contributed by atoms with Crippen molar-refractivity contribution in [1.29, 1.82) is 0 Å². The Morgan fingerprint density at radius 3 is 2.33 bits per heavy atom. The maximum Gasteiger partial charge on any atom is 0.267 e. The molecule has 0 bridgehead atoms. The van der Waals surface area contributed by atoms with Gasteiger partial charge in [-0.15, -0.1) is 0 Å². The van der Waals surface area contributed by atoms with Crippen molar-refractivity contribution in [3.8, 4) is 16.8 Å². The van der Waals surface area contributed by atoms with Crippen LogP contribution in [0.25, 0.3) is 27.7 Å². The zero-order valence-corrected chi connectivity index (χ0v) is 15.0. The molecule has 0 spiro atoms. The van der Waals surface area contributed by atoms with Gasteiger partial charge in [-0.25, -0.2) is 19.5 Å². The highest BCUT2D eigenvalue weighted by atomic mass is 16.1. The zero-order valence-electron chi connectivity index (χ0n) is 15.0. The molecule has 0 fully saturated rings. The molecule has 134 valence electrons. The summed E-state index contributed by atoms with van der Waals surface area (Å²) < 4.78 is 1.41. The van der Waals surface area contributed by atoms with E-state index in [2.05, 4.69) is 15.0 Å². The van der Waals surface area contributed by atoms with Crippen molar-refractivity contribution in [2.45, 2.75) is 0 Å². The Labute approximate surface area is 155 Å². The summed E-state index contributed by atoms with van der Waals surface area (Å²) in [5, 5.41) is 0.488. The number of hydrogen-bond acceptors (Lipinski definition) is 6. The lowest BCUT2D eigenvalue weighted by Crippen LogP contribution is -2.23. The lowest BCUT2D eigenvalue weighted by molar-refractivity contribution is 0.982. The van der Waals surface area contributed by atoms with Crippen molar-refractivity contribution in [1.82, 2.24) is 19.5 Å². The number of hydrogen-bond donors (Lipinski definition) is 1. The first-order valence-electron chi connectivity index (χ1n) is 8.42. The van der Waals surface area contributed by atoms with Crippen LogP contribution in [0.4, 0.5) is 11.9 Å². The molecule has 0 aliphatic rings. The van der Waals surface area contributed by atoms with Crippen molar-refractivity contribution in [3.63, 3.8) is 0 Å². The van der Waals surface area contributed by atoms with Gasteiger partial charge < -0.3 is 10.6 Å². The third-order valence-corrected chi connectivity index (χ3v) is 4.28. The Morgan fingerprint density at radius 2 is 1.67 bits per heavy atom. The van der Waals surface area contributed by atoms with Crippen LogP contribution in [0, 0.1) is 0 Å². The summed E-state index contributed by atoms with van der Waals surface area (Å²) in [5.74, 6) is 0.783. The van der Waals surface area contributed by atoms with Gasteiger partial charge in [-0.1, -0.05) is 24.3 Å². The average Bonchev–Trinajstić information content (AvgIpc) is 2.69. The lowest BCUT2D eigenvalue weighted by Gasteiger charge is -2.12. The predicted molar refractivity (Wildman–Crippen MR) is 107 cm³/mol.